The number of methoxy groups -OCH3 is 1. The van der Waals surface area contributed by atoms with E-state index in [0.717, 1.165) is 22.8 Å². The number of benzene rings is 2. The van der Waals surface area contributed by atoms with Gasteiger partial charge in [-0.15, -0.1) is 0 Å². The summed E-state index contributed by atoms with van der Waals surface area (Å²) in [5, 5.41) is 1.66. The number of carbonyl (C=O) groups excluding carboxylic acids is 2. The second-order valence-corrected chi connectivity index (χ2v) is 6.35. The van der Waals surface area contributed by atoms with E-state index in [9.17, 15) is 9.59 Å². The molecule has 26 heavy (non-hydrogen) atoms. The molecule has 2 aromatic rings. The summed E-state index contributed by atoms with van der Waals surface area (Å²) in [5.41, 5.74) is 2.70. The molecule has 0 fully saturated rings. The van der Waals surface area contributed by atoms with Crippen molar-refractivity contribution >= 4 is 34.5 Å². The Morgan fingerprint density at radius 2 is 1.88 bits per heavy atom. The number of hydrogen-bond acceptors (Lipinski definition) is 5. The topological polar surface area (TPSA) is 61.8 Å². The molecule has 1 aliphatic carbocycles. The lowest BCUT2D eigenvalue weighted by Crippen LogP contribution is -2.15. The summed E-state index contributed by atoms with van der Waals surface area (Å²) in [6, 6.07) is 5.10. The minimum Gasteiger partial charge on any atom is -0.437 e. The number of fused-ring (bicyclic) bond motifs is 2. The molecule has 0 aromatic heterocycles. The Balaban J connectivity index is 2.34. The average Bonchev–Trinajstić information content (AvgIpc) is 2.63. The zero-order chi connectivity index (χ0) is 18.8. The highest BCUT2D eigenvalue weighted by Gasteiger charge is 2.26. The Morgan fingerprint density at radius 3 is 2.58 bits per heavy atom. The smallest absolute Gasteiger partial charge is 0.437 e. The Kier molecular flexibility index (Phi) is 5.00. The molecule has 0 atom stereocenters. The van der Waals surface area contributed by atoms with Crippen molar-refractivity contribution in [3.05, 3.63) is 58.7 Å². The predicted molar refractivity (Wildman–Crippen MR) is 99.0 cm³/mol. The molecule has 1 aliphatic rings. The number of allylic oxidation sites excluding steroid dienone is 2. The quantitative estimate of drug-likeness (QED) is 0.255. The third kappa shape index (κ3) is 3.30. The van der Waals surface area contributed by atoms with E-state index in [-0.39, 0.29) is 0 Å². The lowest BCUT2D eigenvalue weighted by molar-refractivity contribution is -0.128. The summed E-state index contributed by atoms with van der Waals surface area (Å²) >= 11 is 6.15. The van der Waals surface area contributed by atoms with Gasteiger partial charge in [-0.1, -0.05) is 29.8 Å². The maximum absolute atomic E-state index is 11.9. The maximum Gasteiger partial charge on any atom is 0.513 e. The summed E-state index contributed by atoms with van der Waals surface area (Å²) in [6.45, 7) is 5.45. The summed E-state index contributed by atoms with van der Waals surface area (Å²) in [7, 11) is 1.24. The van der Waals surface area contributed by atoms with E-state index in [1.807, 2.05) is 13.0 Å². The van der Waals surface area contributed by atoms with Crippen LogP contribution < -0.4 is 9.47 Å². The Morgan fingerprint density at radius 1 is 1.15 bits per heavy atom. The summed E-state index contributed by atoms with van der Waals surface area (Å²) in [4.78, 5) is 23.7. The molecule has 0 unspecified atom stereocenters. The standard InChI is InChI=1S/C20H17ClO5/c1-4-17(22)25-18-14-8-6-12(21)10-16(14)19(26-20(23)24-3)13-7-5-11(2)9-15(13)18/h4-6,8,10H,1,7,9H2,2-3H3. The fraction of sp³-hybridized carbons (Fsp3) is 0.200. The Bertz CT molecular complexity index is 959. The van der Waals surface area contributed by atoms with Crippen LogP contribution in [0.5, 0.6) is 11.5 Å². The van der Waals surface area contributed by atoms with Gasteiger partial charge in [0, 0.05) is 33.0 Å². The number of carbonyl (C=O) groups is 2. The minimum atomic E-state index is -0.824. The molecule has 0 N–H and O–H groups in total. The van der Waals surface area contributed by atoms with E-state index in [4.69, 9.17) is 21.1 Å². The van der Waals surface area contributed by atoms with E-state index < -0.39 is 12.1 Å². The first kappa shape index (κ1) is 18.0. The number of halogens is 1. The van der Waals surface area contributed by atoms with Crippen molar-refractivity contribution in [3.8, 4) is 11.5 Å². The van der Waals surface area contributed by atoms with Gasteiger partial charge in [0.2, 0.25) is 0 Å². The predicted octanol–water partition coefficient (Wildman–Crippen LogP) is 4.77. The maximum atomic E-state index is 11.9. The van der Waals surface area contributed by atoms with Gasteiger partial charge in [-0.05, 0) is 38.0 Å². The summed E-state index contributed by atoms with van der Waals surface area (Å²) in [5.74, 6) is 0.241. The highest BCUT2D eigenvalue weighted by molar-refractivity contribution is 6.31. The molecule has 0 amide bonds. The van der Waals surface area contributed by atoms with Crippen LogP contribution in [0, 0.1) is 0 Å². The van der Waals surface area contributed by atoms with Gasteiger partial charge < -0.3 is 14.2 Å². The molecule has 3 rings (SSSR count). The first-order valence-corrected chi connectivity index (χ1v) is 8.35. The summed E-state index contributed by atoms with van der Waals surface area (Å²) < 4.78 is 15.6. The van der Waals surface area contributed by atoms with Gasteiger partial charge in [-0.2, -0.15) is 0 Å². The van der Waals surface area contributed by atoms with Crippen LogP contribution >= 0.6 is 11.6 Å². The third-order valence-corrected chi connectivity index (χ3v) is 4.45. The molecule has 0 heterocycles. The van der Waals surface area contributed by atoms with Crippen molar-refractivity contribution in [1.29, 1.82) is 0 Å². The Labute approximate surface area is 155 Å². The van der Waals surface area contributed by atoms with Gasteiger partial charge in [0.05, 0.1) is 7.11 Å². The first-order valence-electron chi connectivity index (χ1n) is 7.97. The van der Waals surface area contributed by atoms with Crippen molar-refractivity contribution in [2.75, 3.05) is 7.11 Å². The molecule has 6 heteroatoms. The van der Waals surface area contributed by atoms with Crippen molar-refractivity contribution in [2.24, 2.45) is 0 Å². The summed E-state index contributed by atoms with van der Waals surface area (Å²) in [6.07, 6.45) is 3.44. The molecule has 5 nitrogen and oxygen atoms in total. The van der Waals surface area contributed by atoms with Crippen molar-refractivity contribution < 1.29 is 23.8 Å². The average molecular weight is 373 g/mol. The van der Waals surface area contributed by atoms with Gasteiger partial charge in [-0.25, -0.2) is 9.59 Å². The molecule has 0 aliphatic heterocycles. The molecule has 0 spiro atoms. The van der Waals surface area contributed by atoms with Crippen LogP contribution in [0.25, 0.3) is 10.8 Å². The van der Waals surface area contributed by atoms with Crippen LogP contribution in [-0.4, -0.2) is 19.2 Å². The fourth-order valence-corrected chi connectivity index (χ4v) is 3.20. The van der Waals surface area contributed by atoms with Crippen LogP contribution in [-0.2, 0) is 22.4 Å². The Hall–Kier alpha value is -2.79. The van der Waals surface area contributed by atoms with Gasteiger partial charge in [0.25, 0.3) is 0 Å². The van der Waals surface area contributed by atoms with Gasteiger partial charge >= 0.3 is 12.1 Å². The van der Waals surface area contributed by atoms with E-state index in [1.54, 1.807) is 18.2 Å². The molecule has 0 bridgehead atoms. The monoisotopic (exact) mass is 372 g/mol. The van der Waals surface area contributed by atoms with Gasteiger partial charge in [0.15, 0.2) is 0 Å². The van der Waals surface area contributed by atoms with E-state index >= 15 is 0 Å². The zero-order valence-electron chi connectivity index (χ0n) is 14.4. The van der Waals surface area contributed by atoms with Crippen molar-refractivity contribution in [1.82, 2.24) is 0 Å². The van der Waals surface area contributed by atoms with Crippen molar-refractivity contribution in [2.45, 2.75) is 19.8 Å². The van der Waals surface area contributed by atoms with Crippen molar-refractivity contribution in [3.63, 3.8) is 0 Å². The van der Waals surface area contributed by atoms with Crippen LogP contribution in [0.15, 0.2) is 42.5 Å². The molecule has 0 radical (unpaired) electrons. The fourth-order valence-electron chi connectivity index (χ4n) is 3.03. The van der Waals surface area contributed by atoms with Gasteiger partial charge in [-0.3, -0.25) is 0 Å². The normalized spacial score (nSPS) is 12.8. The van der Waals surface area contributed by atoms with Crippen LogP contribution in [0.2, 0.25) is 5.02 Å². The van der Waals surface area contributed by atoms with Crippen LogP contribution in [0.1, 0.15) is 18.1 Å². The second kappa shape index (κ2) is 7.22. The van der Waals surface area contributed by atoms with E-state index in [0.29, 0.717) is 40.1 Å². The largest absolute Gasteiger partial charge is 0.513 e. The van der Waals surface area contributed by atoms with Gasteiger partial charge in [0.1, 0.15) is 11.5 Å². The molecular formula is C20H17ClO5. The van der Waals surface area contributed by atoms with E-state index in [1.165, 1.54) is 7.11 Å². The molecule has 134 valence electrons. The lowest BCUT2D eigenvalue weighted by atomic mass is 9.87. The second-order valence-electron chi connectivity index (χ2n) is 5.92. The first-order chi connectivity index (χ1) is 12.4. The zero-order valence-corrected chi connectivity index (χ0v) is 15.2. The van der Waals surface area contributed by atoms with Crippen LogP contribution in [0.3, 0.4) is 0 Å². The molecule has 0 saturated carbocycles. The number of ether oxygens (including phenoxy) is 3. The number of esters is 1. The molecule has 0 saturated heterocycles. The number of hydrogen-bond donors (Lipinski definition) is 0. The lowest BCUT2D eigenvalue weighted by Gasteiger charge is -2.23. The molecule has 2 aromatic carbocycles. The SMILES string of the molecule is C=CC(=O)Oc1c2c(c(OC(=O)OC)c3cc(Cl)ccc13)CC=C(C)C2. The van der Waals surface area contributed by atoms with E-state index in [2.05, 4.69) is 11.3 Å². The number of rotatable bonds is 3. The third-order valence-electron chi connectivity index (χ3n) is 4.21. The highest BCUT2D eigenvalue weighted by Crippen LogP contribution is 2.45. The molecular weight excluding hydrogens is 356 g/mol. The highest BCUT2D eigenvalue weighted by atomic mass is 35.5. The minimum absolute atomic E-state index is 0.367. The van der Waals surface area contributed by atoms with Crippen LogP contribution in [0.4, 0.5) is 4.79 Å².